The molecule has 0 aliphatic rings. The lowest BCUT2D eigenvalue weighted by atomic mass is 10.2. The van der Waals surface area contributed by atoms with E-state index in [9.17, 15) is 4.79 Å². The van der Waals surface area contributed by atoms with Gasteiger partial charge in [-0.05, 0) is 38.8 Å². The van der Waals surface area contributed by atoms with Gasteiger partial charge in [-0.2, -0.15) is 0 Å². The Kier molecular flexibility index (Phi) is 11.5. The molecule has 0 aliphatic carbocycles. The van der Waals surface area contributed by atoms with Crippen molar-refractivity contribution in [3.05, 3.63) is 36.1 Å². The average Bonchev–Trinajstić information content (AvgIpc) is 2.52. The summed E-state index contributed by atoms with van der Waals surface area (Å²) in [4.78, 5) is 17.7. The number of allylic oxidation sites excluding steroid dienone is 3. The van der Waals surface area contributed by atoms with Crippen molar-refractivity contribution in [3.8, 4) is 0 Å². The second kappa shape index (κ2) is 12.7. The van der Waals surface area contributed by atoms with E-state index in [1.165, 1.54) is 7.11 Å². The molecule has 0 unspecified atom stereocenters. The van der Waals surface area contributed by atoms with E-state index in [1.54, 1.807) is 25.3 Å². The highest BCUT2D eigenvalue weighted by Crippen LogP contribution is 2.07. The first kappa shape index (κ1) is 20.0. The number of rotatable bonds is 11. The van der Waals surface area contributed by atoms with Crippen LogP contribution in [0.15, 0.2) is 41.1 Å². The van der Waals surface area contributed by atoms with Crippen molar-refractivity contribution >= 4 is 12.3 Å². The quantitative estimate of drug-likeness (QED) is 0.112. The number of carbonyl (C=O) groups excluding carboxylic acids is 1. The van der Waals surface area contributed by atoms with Gasteiger partial charge in [0.25, 0.3) is 0 Å². The largest absolute Gasteiger partial charge is 0.498 e. The molecule has 0 atom stereocenters. The molecule has 0 amide bonds. The fraction of sp³-hybridized carbons (Fsp3) is 0.529. The van der Waals surface area contributed by atoms with Crippen LogP contribution < -0.4 is 0 Å². The molecule has 124 valence electrons. The lowest BCUT2D eigenvalue weighted by molar-refractivity contribution is -0.135. The van der Waals surface area contributed by atoms with Crippen LogP contribution in [0.4, 0.5) is 0 Å². The highest BCUT2D eigenvalue weighted by atomic mass is 16.5. The van der Waals surface area contributed by atoms with Gasteiger partial charge in [-0.15, -0.1) is 0 Å². The number of aliphatic imine (C=N–C) groups is 1. The standard InChI is InChI=1S/C17H28N2O3/c1-6-10-16(17(20)21-5)13-15(3)22-12-9-8-11-19(7-2)14-18-4/h6,10,13-14H,1,7-9,11-12H2,2-5H3/b15-13+,16-10+,18-14?. The lowest BCUT2D eigenvalue weighted by Gasteiger charge is -2.16. The minimum absolute atomic E-state index is 0.403. The maximum absolute atomic E-state index is 11.5. The second-order valence-corrected chi connectivity index (χ2v) is 4.66. The van der Waals surface area contributed by atoms with Gasteiger partial charge in [0.1, 0.15) is 0 Å². The summed E-state index contributed by atoms with van der Waals surface area (Å²) in [6, 6.07) is 0. The first-order valence-electron chi connectivity index (χ1n) is 7.47. The smallest absolute Gasteiger partial charge is 0.337 e. The average molecular weight is 308 g/mol. The van der Waals surface area contributed by atoms with Gasteiger partial charge in [0.15, 0.2) is 0 Å². The van der Waals surface area contributed by atoms with Crippen molar-refractivity contribution in [1.82, 2.24) is 4.90 Å². The van der Waals surface area contributed by atoms with Gasteiger partial charge < -0.3 is 14.4 Å². The predicted molar refractivity (Wildman–Crippen MR) is 90.9 cm³/mol. The predicted octanol–water partition coefficient (Wildman–Crippen LogP) is 2.95. The van der Waals surface area contributed by atoms with Crippen molar-refractivity contribution in [2.45, 2.75) is 26.7 Å². The minimum atomic E-state index is -0.403. The van der Waals surface area contributed by atoms with Gasteiger partial charge in [0, 0.05) is 20.1 Å². The molecule has 5 nitrogen and oxygen atoms in total. The molecular formula is C17H28N2O3. The zero-order valence-corrected chi connectivity index (χ0v) is 14.2. The Hall–Kier alpha value is -2.04. The molecule has 0 N–H and O–H groups in total. The van der Waals surface area contributed by atoms with E-state index >= 15 is 0 Å². The fourth-order valence-corrected chi connectivity index (χ4v) is 1.79. The third-order valence-corrected chi connectivity index (χ3v) is 2.93. The molecule has 0 fully saturated rings. The molecule has 0 saturated carbocycles. The van der Waals surface area contributed by atoms with E-state index in [0.717, 1.165) is 25.9 Å². The number of ether oxygens (including phenoxy) is 2. The Morgan fingerprint density at radius 1 is 1.36 bits per heavy atom. The highest BCUT2D eigenvalue weighted by Gasteiger charge is 2.06. The Bertz CT molecular complexity index is 426. The molecule has 0 aliphatic heterocycles. The Labute approximate surface area is 134 Å². The van der Waals surface area contributed by atoms with Crippen molar-refractivity contribution in [1.29, 1.82) is 0 Å². The number of carbonyl (C=O) groups is 1. The molecule has 0 spiro atoms. The topological polar surface area (TPSA) is 51.1 Å². The summed E-state index contributed by atoms with van der Waals surface area (Å²) in [6.45, 7) is 10.0. The summed E-state index contributed by atoms with van der Waals surface area (Å²) in [5.74, 6) is 0.279. The van der Waals surface area contributed by atoms with Crippen LogP contribution in [0.25, 0.3) is 0 Å². The third-order valence-electron chi connectivity index (χ3n) is 2.93. The van der Waals surface area contributed by atoms with Crippen LogP contribution in [0.1, 0.15) is 26.7 Å². The minimum Gasteiger partial charge on any atom is -0.498 e. The SMILES string of the molecule is C=C/C=C(\C=C(/C)OCCCCN(C=NC)CC)C(=O)OC. The number of unbranched alkanes of at least 4 members (excludes halogenated alkanes) is 1. The number of hydrogen-bond donors (Lipinski definition) is 0. The second-order valence-electron chi connectivity index (χ2n) is 4.66. The van der Waals surface area contributed by atoms with Crippen LogP contribution in [0.3, 0.4) is 0 Å². The van der Waals surface area contributed by atoms with E-state index in [0.29, 0.717) is 17.9 Å². The Morgan fingerprint density at radius 2 is 2.09 bits per heavy atom. The molecule has 0 radical (unpaired) electrons. The van der Waals surface area contributed by atoms with Crippen LogP contribution in [0, 0.1) is 0 Å². The molecular weight excluding hydrogens is 280 g/mol. The van der Waals surface area contributed by atoms with Gasteiger partial charge in [-0.1, -0.05) is 12.7 Å². The lowest BCUT2D eigenvalue weighted by Crippen LogP contribution is -2.22. The summed E-state index contributed by atoms with van der Waals surface area (Å²) in [5, 5.41) is 0. The molecule has 0 aromatic heterocycles. The maximum Gasteiger partial charge on any atom is 0.337 e. The summed E-state index contributed by atoms with van der Waals surface area (Å²) >= 11 is 0. The number of methoxy groups -OCH3 is 1. The van der Waals surface area contributed by atoms with Crippen LogP contribution in [-0.2, 0) is 14.3 Å². The molecule has 0 saturated heterocycles. The van der Waals surface area contributed by atoms with Crippen molar-refractivity contribution in [2.75, 3.05) is 33.9 Å². The third kappa shape index (κ3) is 9.00. The van der Waals surface area contributed by atoms with E-state index in [4.69, 9.17) is 9.47 Å². The number of esters is 1. The molecule has 0 aromatic carbocycles. The molecule has 0 rings (SSSR count). The summed E-state index contributed by atoms with van der Waals surface area (Å²) in [6.07, 6.45) is 8.63. The van der Waals surface area contributed by atoms with Crippen LogP contribution >= 0.6 is 0 Å². The molecule has 22 heavy (non-hydrogen) atoms. The van der Waals surface area contributed by atoms with Crippen molar-refractivity contribution in [3.63, 3.8) is 0 Å². The number of nitrogens with zero attached hydrogens (tertiary/aromatic N) is 2. The number of hydrogen-bond acceptors (Lipinski definition) is 4. The van der Waals surface area contributed by atoms with E-state index in [1.807, 2.05) is 13.3 Å². The van der Waals surface area contributed by atoms with Gasteiger partial charge in [0.05, 0.1) is 31.4 Å². The maximum atomic E-state index is 11.5. The van der Waals surface area contributed by atoms with Gasteiger partial charge in [-0.3, -0.25) is 4.99 Å². The Balaban J connectivity index is 4.19. The first-order chi connectivity index (χ1) is 10.6. The summed E-state index contributed by atoms with van der Waals surface area (Å²) in [5.41, 5.74) is 0.423. The van der Waals surface area contributed by atoms with E-state index in [-0.39, 0.29) is 0 Å². The van der Waals surface area contributed by atoms with Crippen LogP contribution in [0.5, 0.6) is 0 Å². The normalized spacial score (nSPS) is 12.4. The molecule has 5 heteroatoms. The van der Waals surface area contributed by atoms with Gasteiger partial charge >= 0.3 is 5.97 Å². The van der Waals surface area contributed by atoms with Crippen molar-refractivity contribution < 1.29 is 14.3 Å². The van der Waals surface area contributed by atoms with Gasteiger partial charge in [0.2, 0.25) is 0 Å². The monoisotopic (exact) mass is 308 g/mol. The first-order valence-corrected chi connectivity index (χ1v) is 7.47. The molecule has 0 aromatic rings. The Morgan fingerprint density at radius 3 is 2.64 bits per heavy atom. The highest BCUT2D eigenvalue weighted by molar-refractivity contribution is 5.91. The summed E-state index contributed by atoms with van der Waals surface area (Å²) in [7, 11) is 3.12. The van der Waals surface area contributed by atoms with Crippen LogP contribution in [-0.4, -0.2) is 51.1 Å². The summed E-state index contributed by atoms with van der Waals surface area (Å²) < 4.78 is 10.3. The van der Waals surface area contributed by atoms with E-state index < -0.39 is 5.97 Å². The molecule has 0 heterocycles. The zero-order valence-electron chi connectivity index (χ0n) is 14.2. The van der Waals surface area contributed by atoms with Crippen molar-refractivity contribution in [2.24, 2.45) is 4.99 Å². The fourth-order valence-electron chi connectivity index (χ4n) is 1.79. The van der Waals surface area contributed by atoms with Gasteiger partial charge in [-0.25, -0.2) is 4.79 Å². The molecule has 0 bridgehead atoms. The van der Waals surface area contributed by atoms with Crippen LogP contribution in [0.2, 0.25) is 0 Å². The van der Waals surface area contributed by atoms with E-state index in [2.05, 4.69) is 23.4 Å². The zero-order chi connectivity index (χ0) is 16.8.